The van der Waals surface area contributed by atoms with Crippen molar-refractivity contribution in [1.29, 1.82) is 0 Å². The largest absolute Gasteiger partial charge is 0.308 e. The van der Waals surface area contributed by atoms with Gasteiger partial charge in [0.1, 0.15) is 5.78 Å². The molecule has 0 radical (unpaired) electrons. The van der Waals surface area contributed by atoms with Gasteiger partial charge in [0.05, 0.1) is 0 Å². The van der Waals surface area contributed by atoms with Gasteiger partial charge in [-0.1, -0.05) is 6.92 Å². The summed E-state index contributed by atoms with van der Waals surface area (Å²) in [5, 5.41) is 0. The minimum absolute atomic E-state index is 0.348. The van der Waals surface area contributed by atoms with E-state index >= 15 is 0 Å². The average molecular weight is 186 g/mol. The van der Waals surface area contributed by atoms with Crippen molar-refractivity contribution in [2.75, 3.05) is 34.7 Å². The summed E-state index contributed by atoms with van der Waals surface area (Å²) in [6.07, 6.45) is 1.32. The molecule has 0 saturated heterocycles. The maximum atomic E-state index is 11.3. The third kappa shape index (κ3) is 5.77. The minimum atomic E-state index is 0.348. The van der Waals surface area contributed by atoms with Crippen molar-refractivity contribution in [2.24, 2.45) is 0 Å². The van der Waals surface area contributed by atoms with E-state index in [4.69, 9.17) is 0 Å². The lowest BCUT2D eigenvalue weighted by Gasteiger charge is -2.26. The molecule has 1 unspecified atom stereocenters. The van der Waals surface area contributed by atoms with Crippen molar-refractivity contribution in [3.05, 3.63) is 0 Å². The normalized spacial score (nSPS) is 13.8. The first-order valence-electron chi connectivity index (χ1n) is 4.80. The summed E-state index contributed by atoms with van der Waals surface area (Å²) in [7, 11) is 8.12. The molecule has 0 aromatic rings. The third-order valence-electron chi connectivity index (χ3n) is 2.16. The van der Waals surface area contributed by atoms with Crippen LogP contribution in [0, 0.1) is 0 Å². The maximum absolute atomic E-state index is 11.3. The summed E-state index contributed by atoms with van der Waals surface area (Å²) in [6.45, 7) is 2.86. The molecule has 0 saturated carbocycles. The average Bonchev–Trinajstić information content (AvgIpc) is 2.02. The lowest BCUT2D eigenvalue weighted by Crippen LogP contribution is -2.38. The second-order valence-electron chi connectivity index (χ2n) is 3.98. The van der Waals surface area contributed by atoms with Crippen LogP contribution >= 0.6 is 0 Å². The number of nitrogens with zero attached hydrogens (tertiary/aromatic N) is 2. The van der Waals surface area contributed by atoms with Gasteiger partial charge in [0, 0.05) is 25.4 Å². The van der Waals surface area contributed by atoms with Crippen LogP contribution in [0.1, 0.15) is 19.8 Å². The predicted octanol–water partition coefficient (Wildman–Crippen LogP) is 0.847. The van der Waals surface area contributed by atoms with Gasteiger partial charge >= 0.3 is 0 Å². The number of carbonyl (C=O) groups excluding carboxylic acids is 1. The van der Waals surface area contributed by atoms with E-state index in [1.54, 1.807) is 0 Å². The Morgan fingerprint density at radius 1 is 1.23 bits per heavy atom. The van der Waals surface area contributed by atoms with Crippen molar-refractivity contribution in [1.82, 2.24) is 9.80 Å². The Kier molecular flexibility index (Phi) is 5.91. The quantitative estimate of drug-likeness (QED) is 0.614. The fourth-order valence-electron chi connectivity index (χ4n) is 1.24. The Morgan fingerprint density at radius 3 is 2.08 bits per heavy atom. The van der Waals surface area contributed by atoms with E-state index < -0.39 is 0 Å². The van der Waals surface area contributed by atoms with Gasteiger partial charge in [0.2, 0.25) is 0 Å². The Labute approximate surface area is 81.7 Å². The SMILES string of the molecule is CCC(=O)CC(CN(C)C)N(C)C. The molecular formula is C10H22N2O. The number of carbonyl (C=O) groups is 1. The van der Waals surface area contributed by atoms with Crippen LogP contribution in [0.5, 0.6) is 0 Å². The molecule has 0 aliphatic carbocycles. The van der Waals surface area contributed by atoms with Crippen molar-refractivity contribution in [3.8, 4) is 0 Å². The maximum Gasteiger partial charge on any atom is 0.134 e. The van der Waals surface area contributed by atoms with E-state index in [9.17, 15) is 4.79 Å². The van der Waals surface area contributed by atoms with Crippen LogP contribution in [-0.4, -0.2) is 56.4 Å². The van der Waals surface area contributed by atoms with Crippen molar-refractivity contribution in [2.45, 2.75) is 25.8 Å². The Bertz CT molecular complexity index is 155. The lowest BCUT2D eigenvalue weighted by atomic mass is 10.1. The summed E-state index contributed by atoms with van der Waals surface area (Å²) in [5.74, 6) is 0.348. The van der Waals surface area contributed by atoms with Crippen molar-refractivity contribution in [3.63, 3.8) is 0 Å². The predicted molar refractivity (Wildman–Crippen MR) is 55.9 cm³/mol. The first-order valence-corrected chi connectivity index (χ1v) is 4.80. The van der Waals surface area contributed by atoms with Gasteiger partial charge in [-0.2, -0.15) is 0 Å². The van der Waals surface area contributed by atoms with Crippen LogP contribution < -0.4 is 0 Å². The number of ketones is 1. The van der Waals surface area contributed by atoms with Gasteiger partial charge in [-0.3, -0.25) is 4.79 Å². The van der Waals surface area contributed by atoms with Crippen LogP contribution in [0.25, 0.3) is 0 Å². The highest BCUT2D eigenvalue weighted by Gasteiger charge is 2.15. The third-order valence-corrected chi connectivity index (χ3v) is 2.16. The van der Waals surface area contributed by atoms with E-state index in [1.807, 2.05) is 35.1 Å². The fraction of sp³-hybridized carbons (Fsp3) is 0.900. The molecule has 0 spiro atoms. The van der Waals surface area contributed by atoms with E-state index in [0.29, 0.717) is 24.7 Å². The number of hydrogen-bond acceptors (Lipinski definition) is 3. The summed E-state index contributed by atoms with van der Waals surface area (Å²) in [6, 6.07) is 0.349. The van der Waals surface area contributed by atoms with Gasteiger partial charge in [-0.05, 0) is 28.2 Å². The van der Waals surface area contributed by atoms with Crippen molar-refractivity contribution < 1.29 is 4.79 Å². The molecule has 0 aliphatic rings. The van der Waals surface area contributed by atoms with Gasteiger partial charge in [0.25, 0.3) is 0 Å². The first kappa shape index (κ1) is 12.6. The zero-order valence-electron chi connectivity index (χ0n) is 9.50. The molecule has 0 bridgehead atoms. The van der Waals surface area contributed by atoms with Crippen LogP contribution in [0.3, 0.4) is 0 Å². The molecule has 0 aromatic carbocycles. The highest BCUT2D eigenvalue weighted by atomic mass is 16.1. The molecule has 0 N–H and O–H groups in total. The fourth-order valence-corrected chi connectivity index (χ4v) is 1.24. The highest BCUT2D eigenvalue weighted by Crippen LogP contribution is 2.03. The summed E-state index contributed by atoms with van der Waals surface area (Å²) in [5.41, 5.74) is 0. The summed E-state index contributed by atoms with van der Waals surface area (Å²) in [4.78, 5) is 15.5. The van der Waals surface area contributed by atoms with Gasteiger partial charge in [0.15, 0.2) is 0 Å². The Balaban J connectivity index is 4.02. The molecule has 78 valence electrons. The van der Waals surface area contributed by atoms with Crippen LogP contribution in [-0.2, 0) is 4.79 Å². The van der Waals surface area contributed by atoms with Gasteiger partial charge in [-0.15, -0.1) is 0 Å². The van der Waals surface area contributed by atoms with E-state index in [2.05, 4.69) is 9.80 Å². The van der Waals surface area contributed by atoms with Crippen LogP contribution in [0.15, 0.2) is 0 Å². The molecule has 0 amide bonds. The molecule has 0 heterocycles. The van der Waals surface area contributed by atoms with Crippen LogP contribution in [0.2, 0.25) is 0 Å². The van der Waals surface area contributed by atoms with E-state index in [-0.39, 0.29) is 0 Å². The van der Waals surface area contributed by atoms with Gasteiger partial charge < -0.3 is 9.80 Å². The second kappa shape index (κ2) is 6.11. The second-order valence-corrected chi connectivity index (χ2v) is 3.98. The summed E-state index contributed by atoms with van der Waals surface area (Å²) < 4.78 is 0. The number of likely N-dealkylation sites (N-methyl/N-ethyl adjacent to an activating group) is 2. The standard InChI is InChI=1S/C10H22N2O/c1-6-10(13)7-9(12(4)5)8-11(2)3/h9H,6-8H2,1-5H3. The lowest BCUT2D eigenvalue weighted by molar-refractivity contribution is -0.119. The molecule has 13 heavy (non-hydrogen) atoms. The first-order chi connectivity index (χ1) is 5.97. The molecule has 0 rings (SSSR count). The molecule has 1 atom stereocenters. The Morgan fingerprint density at radius 2 is 1.77 bits per heavy atom. The van der Waals surface area contributed by atoms with Crippen LogP contribution in [0.4, 0.5) is 0 Å². The zero-order valence-corrected chi connectivity index (χ0v) is 9.50. The molecular weight excluding hydrogens is 164 g/mol. The number of hydrogen-bond donors (Lipinski definition) is 0. The molecule has 3 heteroatoms. The smallest absolute Gasteiger partial charge is 0.134 e. The molecule has 0 fully saturated rings. The molecule has 3 nitrogen and oxygen atoms in total. The van der Waals surface area contributed by atoms with Gasteiger partial charge in [-0.25, -0.2) is 0 Å². The topological polar surface area (TPSA) is 23.6 Å². The highest BCUT2D eigenvalue weighted by molar-refractivity contribution is 5.78. The van der Waals surface area contributed by atoms with Crippen molar-refractivity contribution >= 4 is 5.78 Å². The van der Waals surface area contributed by atoms with E-state index in [1.165, 1.54) is 0 Å². The minimum Gasteiger partial charge on any atom is -0.308 e. The Hall–Kier alpha value is -0.410. The monoisotopic (exact) mass is 186 g/mol. The van der Waals surface area contributed by atoms with E-state index in [0.717, 1.165) is 6.54 Å². The number of rotatable bonds is 6. The molecule has 0 aliphatic heterocycles. The molecule has 0 aromatic heterocycles. The zero-order chi connectivity index (χ0) is 10.4. The summed E-state index contributed by atoms with van der Waals surface area (Å²) >= 11 is 0. The number of Topliss-reactive ketones (excluding diaryl/α,β-unsaturated/α-hetero) is 1.